The predicted octanol–water partition coefficient (Wildman–Crippen LogP) is 2.45. The van der Waals surface area contributed by atoms with Crippen LogP contribution in [0.4, 0.5) is 4.79 Å². The number of unbranched alkanes of at least 4 members (excludes halogenated alkanes) is 1. The SMILES string of the molecule is CCCCC(NC(=O)[C@@H]1C2C(CN1C(=O)C(NC(=O)NC1(CS(C)(=O)=O)CCCCC1)C(C)(C)C)C2(C)C)C(=O)C(=O)NC1CC1. The lowest BCUT2D eigenvalue weighted by molar-refractivity contribution is -0.145. The van der Waals surface area contributed by atoms with Gasteiger partial charge in [-0.15, -0.1) is 0 Å². The van der Waals surface area contributed by atoms with Crippen LogP contribution in [0.3, 0.4) is 0 Å². The summed E-state index contributed by atoms with van der Waals surface area (Å²) in [4.78, 5) is 69.1. The number of sulfone groups is 1. The summed E-state index contributed by atoms with van der Waals surface area (Å²) in [6, 6.07) is -3.47. The summed E-state index contributed by atoms with van der Waals surface area (Å²) in [7, 11) is -3.39. The third-order valence-corrected chi connectivity index (χ3v) is 11.6. The van der Waals surface area contributed by atoms with Crippen LogP contribution in [0.2, 0.25) is 0 Å². The maximum atomic E-state index is 14.3. The summed E-state index contributed by atoms with van der Waals surface area (Å²) in [5, 5.41) is 11.4. The van der Waals surface area contributed by atoms with E-state index in [-0.39, 0.29) is 29.0 Å². The Labute approximate surface area is 274 Å². The van der Waals surface area contributed by atoms with Gasteiger partial charge < -0.3 is 26.2 Å². The van der Waals surface area contributed by atoms with Gasteiger partial charge in [0, 0.05) is 18.8 Å². The molecule has 13 heteroatoms. The van der Waals surface area contributed by atoms with Crippen molar-refractivity contribution in [1.82, 2.24) is 26.2 Å². The third kappa shape index (κ3) is 8.41. The number of amides is 5. The van der Waals surface area contributed by atoms with E-state index >= 15 is 0 Å². The zero-order valence-electron chi connectivity index (χ0n) is 28.7. The average Bonchev–Trinajstić information content (AvgIpc) is 3.79. The molecule has 260 valence electrons. The van der Waals surface area contributed by atoms with Gasteiger partial charge in [-0.3, -0.25) is 19.2 Å². The normalized spacial score (nSPS) is 26.2. The van der Waals surface area contributed by atoms with Gasteiger partial charge in [0.25, 0.3) is 5.91 Å². The van der Waals surface area contributed by atoms with E-state index in [4.69, 9.17) is 0 Å². The fourth-order valence-corrected chi connectivity index (χ4v) is 9.01. The first kappa shape index (κ1) is 36.1. The van der Waals surface area contributed by atoms with Crippen LogP contribution in [0.5, 0.6) is 0 Å². The van der Waals surface area contributed by atoms with Crippen molar-refractivity contribution in [3.05, 3.63) is 0 Å². The maximum Gasteiger partial charge on any atom is 0.315 e. The molecule has 1 heterocycles. The lowest BCUT2D eigenvalue weighted by Gasteiger charge is -2.40. The molecule has 1 saturated heterocycles. The Kier molecular flexibility index (Phi) is 10.6. The highest BCUT2D eigenvalue weighted by Crippen LogP contribution is 2.65. The van der Waals surface area contributed by atoms with Crippen LogP contribution in [0.25, 0.3) is 0 Å². The molecule has 0 aromatic heterocycles. The minimum atomic E-state index is -3.39. The highest BCUT2D eigenvalue weighted by Gasteiger charge is 2.70. The number of nitrogens with zero attached hydrogens (tertiary/aromatic N) is 1. The van der Waals surface area contributed by atoms with Crippen LogP contribution < -0.4 is 21.3 Å². The van der Waals surface area contributed by atoms with E-state index in [1.54, 1.807) is 0 Å². The molecule has 0 bridgehead atoms. The zero-order chi connectivity index (χ0) is 34.2. The Morgan fingerprint density at radius 2 is 1.61 bits per heavy atom. The predicted molar refractivity (Wildman–Crippen MR) is 174 cm³/mol. The van der Waals surface area contributed by atoms with E-state index in [0.717, 1.165) is 44.8 Å². The number of hydrogen-bond donors (Lipinski definition) is 4. The van der Waals surface area contributed by atoms with Crippen molar-refractivity contribution in [2.24, 2.45) is 22.7 Å². The van der Waals surface area contributed by atoms with Crippen LogP contribution >= 0.6 is 0 Å². The number of piperidine rings is 1. The minimum absolute atomic E-state index is 0.00772. The molecule has 0 radical (unpaired) electrons. The lowest BCUT2D eigenvalue weighted by Crippen LogP contribution is -2.63. The number of Topliss-reactive ketones (excluding diaryl/α,β-unsaturated/α-hetero) is 1. The van der Waals surface area contributed by atoms with Crippen molar-refractivity contribution in [2.75, 3.05) is 18.6 Å². The Balaban J connectivity index is 1.53. The molecule has 3 aliphatic carbocycles. The van der Waals surface area contributed by atoms with Crippen LogP contribution in [0.15, 0.2) is 0 Å². The fraction of sp³-hybridized carbons (Fsp3) is 0.848. The smallest absolute Gasteiger partial charge is 0.315 e. The van der Waals surface area contributed by atoms with E-state index in [1.807, 2.05) is 27.7 Å². The largest absolute Gasteiger partial charge is 0.347 e. The second-order valence-electron chi connectivity index (χ2n) is 16.0. The van der Waals surface area contributed by atoms with Crippen LogP contribution in [0, 0.1) is 22.7 Å². The molecule has 4 rings (SSSR count). The molecule has 4 fully saturated rings. The molecule has 1 aliphatic heterocycles. The summed E-state index contributed by atoms with van der Waals surface area (Å²) >= 11 is 0. The van der Waals surface area contributed by atoms with Gasteiger partial charge in [-0.2, -0.15) is 0 Å². The number of ketones is 1. The molecule has 4 unspecified atom stereocenters. The van der Waals surface area contributed by atoms with Gasteiger partial charge in [-0.25, -0.2) is 13.2 Å². The molecule has 0 spiro atoms. The maximum absolute atomic E-state index is 14.3. The first-order chi connectivity index (χ1) is 21.3. The van der Waals surface area contributed by atoms with E-state index in [9.17, 15) is 32.4 Å². The van der Waals surface area contributed by atoms with E-state index < -0.39 is 68.5 Å². The van der Waals surface area contributed by atoms with E-state index in [1.165, 1.54) is 4.90 Å². The molecule has 3 saturated carbocycles. The molecule has 0 aromatic rings. The topological polar surface area (TPSA) is 171 Å². The zero-order valence-corrected chi connectivity index (χ0v) is 29.5. The van der Waals surface area contributed by atoms with Crippen LogP contribution in [-0.4, -0.2) is 91.1 Å². The number of rotatable bonds is 13. The molecule has 4 aliphatic rings. The van der Waals surface area contributed by atoms with Crippen molar-refractivity contribution < 1.29 is 32.4 Å². The van der Waals surface area contributed by atoms with Gasteiger partial charge in [-0.05, 0) is 54.8 Å². The Hall–Kier alpha value is -2.70. The Morgan fingerprint density at radius 3 is 2.15 bits per heavy atom. The van der Waals surface area contributed by atoms with Gasteiger partial charge in [0.05, 0.1) is 17.3 Å². The van der Waals surface area contributed by atoms with Crippen molar-refractivity contribution in [3.8, 4) is 0 Å². The third-order valence-electron chi connectivity index (χ3n) is 10.5. The number of carbonyl (C=O) groups is 5. The standard InChI is InChI=1S/C33H55N5O7S/c1-8-9-13-22(25(39)28(41)34-20-14-15-20)35-27(40)24-23-21(32(23,5)6)18-38(24)29(42)26(31(2,3)4)36-30(43)37-33(19-46(7,44)45)16-11-10-12-17-33/h20-24,26H,8-19H2,1-7H3,(H,34,41)(H,35,40)(H2,36,37,43)/t21?,22?,23?,24-,26?/m0/s1. The number of fused-ring (bicyclic) bond motifs is 1. The van der Waals surface area contributed by atoms with Gasteiger partial charge in [-0.1, -0.05) is 73.6 Å². The van der Waals surface area contributed by atoms with Crippen LogP contribution in [0.1, 0.15) is 106 Å². The molecule has 4 N–H and O–H groups in total. The quantitative estimate of drug-likeness (QED) is 0.219. The molecule has 5 amide bonds. The summed E-state index contributed by atoms with van der Waals surface area (Å²) in [5.74, 6) is -2.47. The Morgan fingerprint density at radius 1 is 0.978 bits per heavy atom. The molecular formula is C33H55N5O7S. The van der Waals surface area contributed by atoms with Crippen LogP contribution in [-0.2, 0) is 29.0 Å². The van der Waals surface area contributed by atoms with Crippen molar-refractivity contribution in [3.63, 3.8) is 0 Å². The van der Waals surface area contributed by atoms with E-state index in [0.29, 0.717) is 32.2 Å². The summed E-state index contributed by atoms with van der Waals surface area (Å²) in [6.45, 7) is 11.9. The first-order valence-electron chi connectivity index (χ1n) is 17.0. The van der Waals surface area contributed by atoms with Gasteiger partial charge in [0.15, 0.2) is 0 Å². The van der Waals surface area contributed by atoms with Crippen molar-refractivity contribution >= 4 is 39.4 Å². The highest BCUT2D eigenvalue weighted by molar-refractivity contribution is 7.90. The van der Waals surface area contributed by atoms with E-state index in [2.05, 4.69) is 35.1 Å². The number of nitrogens with one attached hydrogen (secondary N) is 4. The summed E-state index contributed by atoms with van der Waals surface area (Å²) in [6.07, 6.45) is 8.20. The summed E-state index contributed by atoms with van der Waals surface area (Å²) < 4.78 is 24.6. The van der Waals surface area contributed by atoms with Crippen molar-refractivity contribution in [2.45, 2.75) is 135 Å². The average molecular weight is 666 g/mol. The van der Waals surface area contributed by atoms with Crippen molar-refractivity contribution in [1.29, 1.82) is 0 Å². The second-order valence-corrected chi connectivity index (χ2v) is 18.2. The number of carbonyl (C=O) groups excluding carboxylic acids is 5. The molecule has 0 aromatic carbocycles. The number of urea groups is 1. The number of hydrogen-bond acceptors (Lipinski definition) is 7. The first-order valence-corrected chi connectivity index (χ1v) is 19.1. The lowest BCUT2D eigenvalue weighted by atomic mass is 9.83. The van der Waals surface area contributed by atoms with Gasteiger partial charge in [0.1, 0.15) is 21.9 Å². The highest BCUT2D eigenvalue weighted by atomic mass is 32.2. The van der Waals surface area contributed by atoms with Gasteiger partial charge in [0.2, 0.25) is 17.6 Å². The molecular weight excluding hydrogens is 610 g/mol. The number of likely N-dealkylation sites (tertiary alicyclic amines) is 1. The van der Waals surface area contributed by atoms with Gasteiger partial charge >= 0.3 is 6.03 Å². The monoisotopic (exact) mass is 665 g/mol. The Bertz CT molecular complexity index is 1310. The molecule has 12 nitrogen and oxygen atoms in total. The molecule has 46 heavy (non-hydrogen) atoms. The summed E-state index contributed by atoms with van der Waals surface area (Å²) in [5.41, 5.74) is -1.84. The fourth-order valence-electron chi connectivity index (χ4n) is 7.65. The molecule has 5 atom stereocenters. The minimum Gasteiger partial charge on any atom is -0.347 e. The second kappa shape index (κ2) is 13.4.